The SMILES string of the molecule is CN1C(=O)C2C(N=C3N(c4ccc(OCCN5CCCCC5)cc4)CCN32)N(C)C1=O. The van der Waals surface area contributed by atoms with Crippen molar-refractivity contribution < 1.29 is 14.3 Å². The fraction of sp³-hybridized carbons (Fsp3) is 0.591. The average molecular weight is 427 g/mol. The number of anilines is 1. The molecule has 2 unspecified atom stereocenters. The molecule has 3 saturated heterocycles. The third-order valence-corrected chi connectivity index (χ3v) is 6.77. The molecule has 4 aliphatic heterocycles. The maximum atomic E-state index is 12.7. The van der Waals surface area contributed by atoms with Crippen LogP contribution in [0.1, 0.15) is 19.3 Å². The number of carbonyl (C=O) groups is 2. The number of guanidine groups is 1. The van der Waals surface area contributed by atoms with Crippen LogP contribution in [0.5, 0.6) is 5.75 Å². The molecule has 1 aromatic rings. The molecule has 0 aliphatic carbocycles. The van der Waals surface area contributed by atoms with Gasteiger partial charge in [-0.15, -0.1) is 0 Å². The number of aliphatic imine (C=N–C) groups is 1. The molecule has 1 aromatic carbocycles. The predicted octanol–water partition coefficient (Wildman–Crippen LogP) is 1.26. The van der Waals surface area contributed by atoms with E-state index in [4.69, 9.17) is 9.73 Å². The van der Waals surface area contributed by atoms with Gasteiger partial charge in [-0.1, -0.05) is 6.42 Å². The molecule has 0 aromatic heterocycles. The lowest BCUT2D eigenvalue weighted by atomic mass is 10.1. The number of carbonyl (C=O) groups excluding carboxylic acids is 2. The fourth-order valence-corrected chi connectivity index (χ4v) is 4.96. The Morgan fingerprint density at radius 3 is 2.48 bits per heavy atom. The Kier molecular flexibility index (Phi) is 5.21. The molecular formula is C22H30N6O3. The van der Waals surface area contributed by atoms with Crippen molar-refractivity contribution in [2.75, 3.05) is 58.3 Å². The van der Waals surface area contributed by atoms with Crippen molar-refractivity contribution in [1.29, 1.82) is 0 Å². The van der Waals surface area contributed by atoms with E-state index in [2.05, 4.69) is 9.80 Å². The maximum Gasteiger partial charge on any atom is 0.328 e. The standard InChI is InChI=1S/C22H30N6O3/c1-24-19-18(20(29)25(2)22(24)30)28-13-12-27(21(28)23-19)16-6-8-17(9-7-16)31-15-14-26-10-4-3-5-11-26/h6-9,18-19H,3-5,10-15H2,1-2H3. The van der Waals surface area contributed by atoms with Crippen molar-refractivity contribution in [1.82, 2.24) is 19.6 Å². The molecule has 9 heteroatoms. The van der Waals surface area contributed by atoms with Crippen molar-refractivity contribution >= 4 is 23.6 Å². The number of amides is 3. The minimum atomic E-state index is -0.466. The molecule has 5 rings (SSSR count). The number of imide groups is 1. The second kappa shape index (κ2) is 8.03. The first-order chi connectivity index (χ1) is 15.0. The van der Waals surface area contributed by atoms with Crippen LogP contribution in [0.15, 0.2) is 29.3 Å². The first kappa shape index (κ1) is 20.1. The summed E-state index contributed by atoms with van der Waals surface area (Å²) >= 11 is 0. The summed E-state index contributed by atoms with van der Waals surface area (Å²) < 4.78 is 5.95. The Balaban J connectivity index is 1.24. The zero-order valence-electron chi connectivity index (χ0n) is 18.2. The van der Waals surface area contributed by atoms with Crippen molar-refractivity contribution in [3.8, 4) is 5.75 Å². The van der Waals surface area contributed by atoms with E-state index in [1.807, 2.05) is 29.2 Å². The molecule has 0 radical (unpaired) electrons. The van der Waals surface area contributed by atoms with Gasteiger partial charge >= 0.3 is 6.03 Å². The highest BCUT2D eigenvalue weighted by molar-refractivity contribution is 6.07. The number of urea groups is 1. The van der Waals surface area contributed by atoms with Gasteiger partial charge in [-0.2, -0.15) is 0 Å². The van der Waals surface area contributed by atoms with Crippen LogP contribution >= 0.6 is 0 Å². The van der Waals surface area contributed by atoms with E-state index >= 15 is 0 Å². The summed E-state index contributed by atoms with van der Waals surface area (Å²) in [7, 11) is 3.24. The second-order valence-corrected chi connectivity index (χ2v) is 8.67. The molecule has 31 heavy (non-hydrogen) atoms. The van der Waals surface area contributed by atoms with Gasteiger partial charge in [-0.25, -0.2) is 9.79 Å². The summed E-state index contributed by atoms with van der Waals surface area (Å²) in [5, 5.41) is 0. The first-order valence-corrected chi connectivity index (χ1v) is 11.2. The van der Waals surface area contributed by atoms with Gasteiger partial charge < -0.3 is 19.4 Å². The lowest BCUT2D eigenvalue weighted by Gasteiger charge is -2.38. The number of nitrogens with zero attached hydrogens (tertiary/aromatic N) is 6. The molecular weight excluding hydrogens is 396 g/mol. The molecule has 0 spiro atoms. The topological polar surface area (TPSA) is 71.9 Å². The average Bonchev–Trinajstić information content (AvgIpc) is 3.37. The van der Waals surface area contributed by atoms with Crippen molar-refractivity contribution in [3.63, 3.8) is 0 Å². The Morgan fingerprint density at radius 2 is 1.74 bits per heavy atom. The Morgan fingerprint density at radius 1 is 1.00 bits per heavy atom. The largest absolute Gasteiger partial charge is 0.492 e. The molecule has 0 saturated carbocycles. The normalized spacial score (nSPS) is 26.3. The maximum absolute atomic E-state index is 12.7. The smallest absolute Gasteiger partial charge is 0.328 e. The first-order valence-electron chi connectivity index (χ1n) is 11.2. The molecule has 3 fully saturated rings. The van der Waals surface area contributed by atoms with Gasteiger partial charge in [0.25, 0.3) is 5.91 Å². The van der Waals surface area contributed by atoms with E-state index in [0.717, 1.165) is 30.5 Å². The molecule has 0 bridgehead atoms. The van der Waals surface area contributed by atoms with E-state index in [1.165, 1.54) is 44.3 Å². The molecule has 9 nitrogen and oxygen atoms in total. The number of rotatable bonds is 5. The highest BCUT2D eigenvalue weighted by Crippen LogP contribution is 2.33. The zero-order chi connectivity index (χ0) is 21.5. The van der Waals surface area contributed by atoms with Crippen LogP contribution in [-0.4, -0.2) is 103 Å². The van der Waals surface area contributed by atoms with Crippen LogP contribution in [-0.2, 0) is 4.79 Å². The van der Waals surface area contributed by atoms with Crippen LogP contribution in [0.4, 0.5) is 10.5 Å². The minimum absolute atomic E-state index is 0.189. The number of likely N-dealkylation sites (N-methyl/N-ethyl adjacent to an activating group) is 2. The van der Waals surface area contributed by atoms with Crippen molar-refractivity contribution in [3.05, 3.63) is 24.3 Å². The number of benzene rings is 1. The summed E-state index contributed by atoms with van der Waals surface area (Å²) in [5.74, 6) is 1.43. The third kappa shape index (κ3) is 3.50. The van der Waals surface area contributed by atoms with E-state index < -0.39 is 12.2 Å². The van der Waals surface area contributed by atoms with Crippen molar-refractivity contribution in [2.45, 2.75) is 31.5 Å². The van der Waals surface area contributed by atoms with Gasteiger partial charge in [0, 0.05) is 39.4 Å². The zero-order valence-corrected chi connectivity index (χ0v) is 18.2. The molecule has 4 heterocycles. The van der Waals surface area contributed by atoms with Crippen LogP contribution in [0.2, 0.25) is 0 Å². The number of hydrogen-bond acceptors (Lipinski definition) is 7. The van der Waals surface area contributed by atoms with E-state index in [0.29, 0.717) is 13.2 Å². The summed E-state index contributed by atoms with van der Waals surface area (Å²) in [6.07, 6.45) is 3.46. The van der Waals surface area contributed by atoms with Gasteiger partial charge in [0.15, 0.2) is 12.2 Å². The molecule has 3 amide bonds. The number of hydrogen-bond donors (Lipinski definition) is 0. The molecule has 2 atom stereocenters. The predicted molar refractivity (Wildman–Crippen MR) is 117 cm³/mol. The summed E-state index contributed by atoms with van der Waals surface area (Å²) in [4.78, 5) is 39.1. The molecule has 4 aliphatic rings. The molecule has 166 valence electrons. The van der Waals surface area contributed by atoms with E-state index in [1.54, 1.807) is 11.9 Å². The lowest BCUT2D eigenvalue weighted by Crippen LogP contribution is -2.63. The lowest BCUT2D eigenvalue weighted by molar-refractivity contribution is -0.135. The fourth-order valence-electron chi connectivity index (χ4n) is 4.96. The van der Waals surface area contributed by atoms with E-state index in [9.17, 15) is 9.59 Å². The van der Waals surface area contributed by atoms with Crippen LogP contribution < -0.4 is 9.64 Å². The van der Waals surface area contributed by atoms with Gasteiger partial charge in [0.05, 0.1) is 0 Å². The monoisotopic (exact) mass is 426 g/mol. The Hall–Kier alpha value is -2.81. The van der Waals surface area contributed by atoms with Crippen LogP contribution in [0.25, 0.3) is 0 Å². The quantitative estimate of drug-likeness (QED) is 0.706. The summed E-state index contributed by atoms with van der Waals surface area (Å²) in [6, 6.07) is 7.30. The van der Waals surface area contributed by atoms with E-state index in [-0.39, 0.29) is 11.9 Å². The van der Waals surface area contributed by atoms with Gasteiger partial charge in [0.1, 0.15) is 12.4 Å². The number of ether oxygens (including phenoxy) is 1. The number of likely N-dealkylation sites (tertiary alicyclic amines) is 1. The number of piperidine rings is 1. The van der Waals surface area contributed by atoms with Gasteiger partial charge in [-0.3, -0.25) is 14.6 Å². The summed E-state index contributed by atoms with van der Waals surface area (Å²) in [6.45, 7) is 5.48. The second-order valence-electron chi connectivity index (χ2n) is 8.67. The van der Waals surface area contributed by atoms with Crippen LogP contribution in [0.3, 0.4) is 0 Å². The van der Waals surface area contributed by atoms with Crippen molar-refractivity contribution in [2.24, 2.45) is 4.99 Å². The third-order valence-electron chi connectivity index (χ3n) is 6.77. The highest BCUT2D eigenvalue weighted by Gasteiger charge is 2.53. The Bertz CT molecular complexity index is 882. The Labute approximate surface area is 182 Å². The molecule has 0 N–H and O–H groups in total. The highest BCUT2D eigenvalue weighted by atomic mass is 16.5. The van der Waals surface area contributed by atoms with Crippen LogP contribution in [0, 0.1) is 0 Å². The van der Waals surface area contributed by atoms with Gasteiger partial charge in [0.2, 0.25) is 5.96 Å². The van der Waals surface area contributed by atoms with Gasteiger partial charge in [-0.05, 0) is 50.2 Å². The minimum Gasteiger partial charge on any atom is -0.492 e. The number of fused-ring (bicyclic) bond motifs is 3. The summed E-state index contributed by atoms with van der Waals surface area (Å²) in [5.41, 5.74) is 1.01.